The monoisotopic (exact) mass is 274 g/mol. The lowest BCUT2D eigenvalue weighted by Crippen LogP contribution is -2.40. The third kappa shape index (κ3) is 4.86. The van der Waals surface area contributed by atoms with Crippen molar-refractivity contribution in [2.75, 3.05) is 20.2 Å². The number of para-hydroxylation sites is 1. The van der Waals surface area contributed by atoms with E-state index in [1.165, 1.54) is 0 Å². The van der Waals surface area contributed by atoms with Crippen LogP contribution in [-0.2, 0) is 0 Å². The van der Waals surface area contributed by atoms with Gasteiger partial charge in [0.2, 0.25) is 0 Å². The molecule has 0 heterocycles. The second-order valence-corrected chi connectivity index (χ2v) is 6.33. The Kier molecular flexibility index (Phi) is 6.04. The highest BCUT2D eigenvalue weighted by atomic mass is 16.5. The summed E-state index contributed by atoms with van der Waals surface area (Å²) < 4.78 is 5.69. The molecule has 0 bridgehead atoms. The first-order valence-electron chi connectivity index (χ1n) is 7.18. The molecule has 0 saturated carbocycles. The van der Waals surface area contributed by atoms with Crippen LogP contribution in [0.2, 0.25) is 0 Å². The summed E-state index contributed by atoms with van der Waals surface area (Å²) in [5, 5.41) is 8.99. The van der Waals surface area contributed by atoms with Gasteiger partial charge in [-0.2, -0.15) is 5.26 Å². The Bertz CT molecular complexity index is 457. The molecule has 0 spiro atoms. The predicted molar refractivity (Wildman–Crippen MR) is 82.8 cm³/mol. The van der Waals surface area contributed by atoms with Crippen LogP contribution < -0.4 is 4.74 Å². The molecule has 0 aliphatic rings. The number of hydrogen-bond donors (Lipinski definition) is 0. The minimum absolute atomic E-state index is 0.281. The zero-order valence-corrected chi connectivity index (χ0v) is 13.3. The van der Waals surface area contributed by atoms with Gasteiger partial charge < -0.3 is 9.64 Å². The highest BCUT2D eigenvalue weighted by Gasteiger charge is 2.23. The topological polar surface area (TPSA) is 36.3 Å². The maximum absolute atomic E-state index is 8.99. The molecule has 0 aliphatic heterocycles. The maximum atomic E-state index is 8.99. The molecule has 0 N–H and O–H groups in total. The van der Waals surface area contributed by atoms with Crippen LogP contribution in [0.3, 0.4) is 0 Å². The highest BCUT2D eigenvalue weighted by molar-refractivity contribution is 5.42. The largest absolute Gasteiger partial charge is 0.492 e. The first-order chi connectivity index (χ1) is 9.36. The third-order valence-electron chi connectivity index (χ3n) is 3.83. The van der Waals surface area contributed by atoms with Crippen molar-refractivity contribution >= 4 is 0 Å². The van der Waals surface area contributed by atoms with Crippen molar-refractivity contribution < 1.29 is 4.74 Å². The van der Waals surface area contributed by atoms with Crippen LogP contribution in [-0.4, -0.2) is 31.1 Å². The standard InChI is InChI=1S/C17H26N2O/c1-14(17(2,3)4)19(5)11-8-12-20-16-10-7-6-9-15(16)13-18/h6-7,9-10,14H,8,11-12H2,1-5H3. The van der Waals surface area contributed by atoms with Gasteiger partial charge in [0.15, 0.2) is 0 Å². The molecular weight excluding hydrogens is 248 g/mol. The summed E-state index contributed by atoms with van der Waals surface area (Å²) in [4.78, 5) is 2.36. The van der Waals surface area contributed by atoms with Crippen LogP contribution in [0, 0.1) is 16.7 Å². The molecule has 1 unspecified atom stereocenters. The number of rotatable bonds is 6. The van der Waals surface area contributed by atoms with Crippen molar-refractivity contribution in [3.8, 4) is 11.8 Å². The molecule has 1 atom stereocenters. The first-order valence-corrected chi connectivity index (χ1v) is 7.18. The van der Waals surface area contributed by atoms with E-state index < -0.39 is 0 Å². The van der Waals surface area contributed by atoms with E-state index in [9.17, 15) is 0 Å². The molecule has 3 heteroatoms. The Morgan fingerprint density at radius 1 is 1.30 bits per heavy atom. The SMILES string of the molecule is CC(N(C)CCCOc1ccccc1C#N)C(C)(C)C. The summed E-state index contributed by atoms with van der Waals surface area (Å²) in [6, 6.07) is 10.0. The number of benzene rings is 1. The summed E-state index contributed by atoms with van der Waals surface area (Å²) >= 11 is 0. The molecule has 1 aromatic carbocycles. The quantitative estimate of drug-likeness (QED) is 0.742. The fraction of sp³-hybridized carbons (Fsp3) is 0.588. The van der Waals surface area contributed by atoms with Crippen molar-refractivity contribution in [2.45, 2.75) is 40.2 Å². The Morgan fingerprint density at radius 3 is 2.55 bits per heavy atom. The second kappa shape index (κ2) is 7.31. The lowest BCUT2D eigenvalue weighted by molar-refractivity contribution is 0.133. The van der Waals surface area contributed by atoms with Crippen LogP contribution in [0.25, 0.3) is 0 Å². The number of hydrogen-bond acceptors (Lipinski definition) is 3. The van der Waals surface area contributed by atoms with Gasteiger partial charge in [-0.05, 0) is 37.9 Å². The van der Waals surface area contributed by atoms with Gasteiger partial charge in [0, 0.05) is 12.6 Å². The molecular formula is C17H26N2O. The lowest BCUT2D eigenvalue weighted by atomic mass is 9.87. The van der Waals surface area contributed by atoms with Gasteiger partial charge in [-0.25, -0.2) is 0 Å². The zero-order chi connectivity index (χ0) is 15.2. The van der Waals surface area contributed by atoms with Crippen LogP contribution in [0.1, 0.15) is 39.7 Å². The van der Waals surface area contributed by atoms with Crippen LogP contribution >= 0.6 is 0 Å². The van der Waals surface area contributed by atoms with Crippen molar-refractivity contribution in [2.24, 2.45) is 5.41 Å². The van der Waals surface area contributed by atoms with Crippen LogP contribution in [0.5, 0.6) is 5.75 Å². The van der Waals surface area contributed by atoms with Gasteiger partial charge in [0.25, 0.3) is 0 Å². The normalized spacial score (nSPS) is 13.1. The molecule has 0 amide bonds. The number of nitriles is 1. The van der Waals surface area contributed by atoms with Crippen molar-refractivity contribution in [1.82, 2.24) is 4.90 Å². The van der Waals surface area contributed by atoms with E-state index in [1.54, 1.807) is 6.07 Å². The zero-order valence-electron chi connectivity index (χ0n) is 13.3. The Morgan fingerprint density at radius 2 is 1.95 bits per heavy atom. The predicted octanol–water partition coefficient (Wildman–Crippen LogP) is 3.69. The minimum atomic E-state index is 0.281. The van der Waals surface area contributed by atoms with Gasteiger partial charge in [0.05, 0.1) is 12.2 Å². The molecule has 0 fully saturated rings. The van der Waals surface area contributed by atoms with Gasteiger partial charge in [-0.3, -0.25) is 0 Å². The van der Waals surface area contributed by atoms with Gasteiger partial charge >= 0.3 is 0 Å². The molecule has 3 nitrogen and oxygen atoms in total. The lowest BCUT2D eigenvalue weighted by Gasteiger charge is -2.35. The van der Waals surface area contributed by atoms with Crippen molar-refractivity contribution in [1.29, 1.82) is 5.26 Å². The number of nitrogens with zero attached hydrogens (tertiary/aromatic N) is 2. The summed E-state index contributed by atoms with van der Waals surface area (Å²) in [7, 11) is 2.15. The van der Waals surface area contributed by atoms with E-state index in [2.05, 4.69) is 45.7 Å². The van der Waals surface area contributed by atoms with Crippen molar-refractivity contribution in [3.05, 3.63) is 29.8 Å². The summed E-state index contributed by atoms with van der Waals surface area (Å²) in [5.74, 6) is 0.682. The molecule has 0 radical (unpaired) electrons. The molecule has 110 valence electrons. The Hall–Kier alpha value is -1.53. The molecule has 0 saturated heterocycles. The fourth-order valence-corrected chi connectivity index (χ4v) is 2.04. The van der Waals surface area contributed by atoms with Crippen LogP contribution in [0.4, 0.5) is 0 Å². The van der Waals surface area contributed by atoms with Crippen LogP contribution in [0.15, 0.2) is 24.3 Å². The average Bonchev–Trinajstić information content (AvgIpc) is 2.41. The highest BCUT2D eigenvalue weighted by Crippen LogP contribution is 2.23. The maximum Gasteiger partial charge on any atom is 0.137 e. The van der Waals surface area contributed by atoms with E-state index in [1.807, 2.05) is 18.2 Å². The Balaban J connectivity index is 2.37. The third-order valence-corrected chi connectivity index (χ3v) is 3.83. The Labute approximate surface area is 123 Å². The van der Waals surface area contributed by atoms with E-state index in [0.29, 0.717) is 24.0 Å². The van der Waals surface area contributed by atoms with E-state index in [-0.39, 0.29) is 5.41 Å². The van der Waals surface area contributed by atoms with Crippen molar-refractivity contribution in [3.63, 3.8) is 0 Å². The van der Waals surface area contributed by atoms with Gasteiger partial charge in [-0.15, -0.1) is 0 Å². The molecule has 1 aromatic rings. The number of ether oxygens (including phenoxy) is 1. The molecule has 0 aromatic heterocycles. The fourth-order valence-electron chi connectivity index (χ4n) is 2.04. The van der Waals surface area contributed by atoms with Gasteiger partial charge in [-0.1, -0.05) is 32.9 Å². The smallest absolute Gasteiger partial charge is 0.137 e. The molecule has 20 heavy (non-hydrogen) atoms. The summed E-state index contributed by atoms with van der Waals surface area (Å²) in [6.07, 6.45) is 0.955. The first kappa shape index (κ1) is 16.5. The summed E-state index contributed by atoms with van der Waals surface area (Å²) in [6.45, 7) is 10.7. The summed E-state index contributed by atoms with van der Waals surface area (Å²) in [5.41, 5.74) is 0.882. The van der Waals surface area contributed by atoms with E-state index in [0.717, 1.165) is 13.0 Å². The van der Waals surface area contributed by atoms with Gasteiger partial charge in [0.1, 0.15) is 11.8 Å². The molecule has 1 rings (SSSR count). The average molecular weight is 274 g/mol. The van der Waals surface area contributed by atoms with E-state index in [4.69, 9.17) is 10.00 Å². The second-order valence-electron chi connectivity index (χ2n) is 6.33. The molecule has 0 aliphatic carbocycles. The minimum Gasteiger partial charge on any atom is -0.492 e. The van der Waals surface area contributed by atoms with E-state index >= 15 is 0 Å².